The zero-order valence-corrected chi connectivity index (χ0v) is 16.9. The maximum absolute atomic E-state index is 12.6. The number of nitrogens with zero attached hydrogens (tertiary/aromatic N) is 3. The van der Waals surface area contributed by atoms with Gasteiger partial charge in [0, 0.05) is 52.1 Å². The predicted octanol–water partition coefficient (Wildman–Crippen LogP) is 2.69. The molecule has 152 valence electrons. The Morgan fingerprint density at radius 2 is 1.61 bits per heavy atom. The molecule has 5 heteroatoms. The summed E-state index contributed by atoms with van der Waals surface area (Å²) < 4.78 is 0. The van der Waals surface area contributed by atoms with Crippen molar-refractivity contribution in [2.45, 2.75) is 51.5 Å². The van der Waals surface area contributed by atoms with Crippen LogP contribution in [0.3, 0.4) is 0 Å². The SMILES string of the molecule is O=C(CCCC(=O)N1CCc2ccccc2C1)N1CCCN(CC2CC2)CC1. The molecule has 0 spiro atoms. The molecule has 0 aromatic heterocycles. The lowest BCUT2D eigenvalue weighted by Gasteiger charge is -2.29. The second-order valence-corrected chi connectivity index (χ2v) is 8.67. The van der Waals surface area contributed by atoms with Crippen molar-refractivity contribution < 1.29 is 9.59 Å². The van der Waals surface area contributed by atoms with Crippen molar-refractivity contribution in [3.8, 4) is 0 Å². The van der Waals surface area contributed by atoms with Crippen LogP contribution < -0.4 is 0 Å². The van der Waals surface area contributed by atoms with Gasteiger partial charge in [-0.25, -0.2) is 0 Å². The van der Waals surface area contributed by atoms with E-state index in [1.807, 2.05) is 15.9 Å². The first-order chi connectivity index (χ1) is 13.7. The Bertz CT molecular complexity index is 701. The van der Waals surface area contributed by atoms with Crippen molar-refractivity contribution >= 4 is 11.8 Å². The van der Waals surface area contributed by atoms with Gasteiger partial charge in [-0.1, -0.05) is 24.3 Å². The predicted molar refractivity (Wildman–Crippen MR) is 110 cm³/mol. The monoisotopic (exact) mass is 383 g/mol. The van der Waals surface area contributed by atoms with Crippen LogP contribution in [0.15, 0.2) is 24.3 Å². The molecule has 2 fully saturated rings. The molecular weight excluding hydrogens is 350 g/mol. The number of carbonyl (C=O) groups excluding carboxylic acids is 2. The van der Waals surface area contributed by atoms with Crippen molar-refractivity contribution in [3.63, 3.8) is 0 Å². The highest BCUT2D eigenvalue weighted by molar-refractivity contribution is 5.79. The van der Waals surface area contributed by atoms with Crippen molar-refractivity contribution in [2.24, 2.45) is 5.92 Å². The molecule has 0 bridgehead atoms. The van der Waals surface area contributed by atoms with Gasteiger partial charge in [0.1, 0.15) is 0 Å². The fourth-order valence-electron chi connectivity index (χ4n) is 4.48. The number of hydrogen-bond donors (Lipinski definition) is 0. The van der Waals surface area contributed by atoms with Gasteiger partial charge in [0.15, 0.2) is 0 Å². The molecule has 3 aliphatic rings. The molecule has 1 aromatic carbocycles. The Hall–Kier alpha value is -1.88. The normalized spacial score (nSPS) is 20.6. The Kier molecular flexibility index (Phi) is 6.30. The van der Waals surface area contributed by atoms with E-state index in [1.165, 1.54) is 30.5 Å². The summed E-state index contributed by atoms with van der Waals surface area (Å²) in [6, 6.07) is 8.38. The molecule has 0 unspecified atom stereocenters. The van der Waals surface area contributed by atoms with Gasteiger partial charge in [-0.3, -0.25) is 9.59 Å². The van der Waals surface area contributed by atoms with Crippen LogP contribution in [-0.2, 0) is 22.6 Å². The van der Waals surface area contributed by atoms with E-state index in [-0.39, 0.29) is 11.8 Å². The minimum atomic E-state index is 0.189. The average molecular weight is 384 g/mol. The summed E-state index contributed by atoms with van der Waals surface area (Å²) in [5, 5.41) is 0. The quantitative estimate of drug-likeness (QED) is 0.759. The number of carbonyl (C=O) groups is 2. The summed E-state index contributed by atoms with van der Waals surface area (Å²) in [5.74, 6) is 1.33. The number of hydrogen-bond acceptors (Lipinski definition) is 3. The van der Waals surface area contributed by atoms with Crippen LogP contribution >= 0.6 is 0 Å². The first-order valence-corrected chi connectivity index (χ1v) is 11.0. The van der Waals surface area contributed by atoms with E-state index in [1.54, 1.807) is 0 Å². The van der Waals surface area contributed by atoms with E-state index in [2.05, 4.69) is 23.1 Å². The van der Waals surface area contributed by atoms with Crippen molar-refractivity contribution in [2.75, 3.05) is 39.3 Å². The van der Waals surface area contributed by atoms with Crippen LogP contribution in [0.4, 0.5) is 0 Å². The van der Waals surface area contributed by atoms with Crippen LogP contribution in [0.25, 0.3) is 0 Å². The highest BCUT2D eigenvalue weighted by Crippen LogP contribution is 2.30. The van der Waals surface area contributed by atoms with Crippen LogP contribution in [-0.4, -0.2) is 65.8 Å². The summed E-state index contributed by atoms with van der Waals surface area (Å²) in [7, 11) is 0. The van der Waals surface area contributed by atoms with Crippen molar-refractivity contribution in [1.82, 2.24) is 14.7 Å². The third-order valence-corrected chi connectivity index (χ3v) is 6.42. The van der Waals surface area contributed by atoms with E-state index in [0.717, 1.165) is 51.5 Å². The second-order valence-electron chi connectivity index (χ2n) is 8.67. The zero-order chi connectivity index (χ0) is 19.3. The fourth-order valence-corrected chi connectivity index (χ4v) is 4.48. The molecule has 2 aliphatic heterocycles. The molecule has 1 aromatic rings. The molecule has 1 saturated heterocycles. The van der Waals surface area contributed by atoms with Gasteiger partial charge in [0.2, 0.25) is 11.8 Å². The van der Waals surface area contributed by atoms with Crippen molar-refractivity contribution in [1.29, 1.82) is 0 Å². The lowest BCUT2D eigenvalue weighted by molar-refractivity contribution is -0.133. The summed E-state index contributed by atoms with van der Waals surface area (Å²) >= 11 is 0. The van der Waals surface area contributed by atoms with Gasteiger partial charge in [-0.2, -0.15) is 0 Å². The van der Waals surface area contributed by atoms with E-state index in [4.69, 9.17) is 0 Å². The molecule has 1 saturated carbocycles. The van der Waals surface area contributed by atoms with E-state index in [9.17, 15) is 9.59 Å². The van der Waals surface area contributed by atoms with E-state index in [0.29, 0.717) is 25.8 Å². The zero-order valence-electron chi connectivity index (χ0n) is 16.9. The Balaban J connectivity index is 1.17. The molecule has 4 rings (SSSR count). The van der Waals surface area contributed by atoms with E-state index < -0.39 is 0 Å². The fraction of sp³-hybridized carbons (Fsp3) is 0.652. The molecule has 1 aliphatic carbocycles. The average Bonchev–Trinajstić information content (AvgIpc) is 3.55. The standard InChI is InChI=1S/C23H33N3O2/c27-22(25-13-4-12-24(15-16-25)17-19-9-10-19)7-3-8-23(28)26-14-11-20-5-1-2-6-21(20)18-26/h1-2,5-6,19H,3-4,7-18H2. The topological polar surface area (TPSA) is 43.9 Å². The minimum absolute atomic E-state index is 0.189. The smallest absolute Gasteiger partial charge is 0.222 e. The number of amides is 2. The van der Waals surface area contributed by atoms with Crippen LogP contribution in [0, 0.1) is 5.92 Å². The van der Waals surface area contributed by atoms with Gasteiger partial charge in [0.25, 0.3) is 0 Å². The molecule has 2 heterocycles. The second kappa shape index (κ2) is 9.08. The Morgan fingerprint density at radius 3 is 2.39 bits per heavy atom. The summed E-state index contributed by atoms with van der Waals surface area (Å²) in [6.07, 6.45) is 6.43. The maximum Gasteiger partial charge on any atom is 0.222 e. The highest BCUT2D eigenvalue weighted by atomic mass is 16.2. The van der Waals surface area contributed by atoms with Crippen LogP contribution in [0.5, 0.6) is 0 Å². The van der Waals surface area contributed by atoms with E-state index >= 15 is 0 Å². The van der Waals surface area contributed by atoms with Crippen LogP contribution in [0.2, 0.25) is 0 Å². The number of rotatable bonds is 6. The third kappa shape index (κ3) is 5.13. The van der Waals surface area contributed by atoms with Gasteiger partial charge in [-0.15, -0.1) is 0 Å². The minimum Gasteiger partial charge on any atom is -0.341 e. The van der Waals surface area contributed by atoms with Gasteiger partial charge in [0.05, 0.1) is 0 Å². The molecule has 2 amide bonds. The molecule has 28 heavy (non-hydrogen) atoms. The molecule has 5 nitrogen and oxygen atoms in total. The molecule has 0 N–H and O–H groups in total. The molecule has 0 radical (unpaired) electrons. The van der Waals surface area contributed by atoms with Crippen LogP contribution in [0.1, 0.15) is 49.7 Å². The van der Waals surface area contributed by atoms with Gasteiger partial charge >= 0.3 is 0 Å². The number of fused-ring (bicyclic) bond motifs is 1. The van der Waals surface area contributed by atoms with Gasteiger partial charge < -0.3 is 14.7 Å². The van der Waals surface area contributed by atoms with Crippen molar-refractivity contribution in [3.05, 3.63) is 35.4 Å². The first kappa shape index (κ1) is 19.4. The molecule has 0 atom stereocenters. The third-order valence-electron chi connectivity index (χ3n) is 6.42. The summed E-state index contributed by atoms with van der Waals surface area (Å²) in [4.78, 5) is 31.7. The first-order valence-electron chi connectivity index (χ1n) is 11.0. The Labute approximate surface area is 168 Å². The molecular formula is C23H33N3O2. The van der Waals surface area contributed by atoms with Gasteiger partial charge in [-0.05, 0) is 55.7 Å². The summed E-state index contributed by atoms with van der Waals surface area (Å²) in [6.45, 7) is 6.58. The maximum atomic E-state index is 12.6. The largest absolute Gasteiger partial charge is 0.341 e. The summed E-state index contributed by atoms with van der Waals surface area (Å²) in [5.41, 5.74) is 2.62. The lowest BCUT2D eigenvalue weighted by atomic mass is 9.99. The lowest BCUT2D eigenvalue weighted by Crippen LogP contribution is -2.37. The highest BCUT2D eigenvalue weighted by Gasteiger charge is 2.26. The number of benzene rings is 1. The Morgan fingerprint density at radius 1 is 0.857 bits per heavy atom.